The number of aliphatic hydroxyl groups excluding tert-OH is 2. The number of fused-ring (bicyclic) bond motifs is 1. The summed E-state index contributed by atoms with van der Waals surface area (Å²) in [4.78, 5) is 35.4. The van der Waals surface area contributed by atoms with Crippen molar-refractivity contribution in [1.29, 1.82) is 0 Å². The molecule has 0 unspecified atom stereocenters. The number of phenolic OH excluding ortho intramolecular Hbond substituents is 1. The number of phenols is 1. The van der Waals surface area contributed by atoms with E-state index >= 15 is 0 Å². The van der Waals surface area contributed by atoms with E-state index in [2.05, 4.69) is 5.32 Å². The van der Waals surface area contributed by atoms with Crippen molar-refractivity contribution in [3.8, 4) is 5.75 Å². The van der Waals surface area contributed by atoms with Crippen molar-refractivity contribution in [2.45, 2.75) is 38.1 Å². The lowest BCUT2D eigenvalue weighted by molar-refractivity contribution is -0.127. The van der Waals surface area contributed by atoms with E-state index in [1.54, 1.807) is 6.92 Å². The van der Waals surface area contributed by atoms with Gasteiger partial charge in [-0.15, -0.1) is 0 Å². The number of esters is 1. The van der Waals surface area contributed by atoms with Crippen LogP contribution in [0.1, 0.15) is 35.7 Å². The Bertz CT molecular complexity index is 847. The van der Waals surface area contributed by atoms with E-state index in [-0.39, 0.29) is 36.3 Å². The molecule has 0 aliphatic carbocycles. The van der Waals surface area contributed by atoms with Crippen LogP contribution in [-0.4, -0.2) is 57.8 Å². The molecule has 0 radical (unpaired) electrons. The minimum atomic E-state index is -1.59. The second-order valence-electron chi connectivity index (χ2n) is 6.69. The van der Waals surface area contributed by atoms with E-state index in [9.17, 15) is 29.7 Å². The lowest BCUT2D eigenvalue weighted by atomic mass is 10.0. The molecular weight excluding hydrogens is 380 g/mol. The highest BCUT2D eigenvalue weighted by Gasteiger charge is 2.23. The number of carbonyl (C=O) groups is 3. The van der Waals surface area contributed by atoms with E-state index in [0.717, 1.165) is 6.08 Å². The van der Waals surface area contributed by atoms with Crippen LogP contribution in [0.4, 0.5) is 5.69 Å². The number of carbonyl (C=O) groups excluding carboxylic acids is 3. The molecule has 0 saturated carbocycles. The van der Waals surface area contributed by atoms with Gasteiger partial charge < -0.3 is 31.1 Å². The molecule has 1 amide bonds. The van der Waals surface area contributed by atoms with Gasteiger partial charge in [0.15, 0.2) is 5.78 Å². The van der Waals surface area contributed by atoms with E-state index in [0.29, 0.717) is 5.69 Å². The average Bonchev–Trinajstić information content (AvgIpc) is 2.64. The van der Waals surface area contributed by atoms with Gasteiger partial charge in [0.2, 0.25) is 5.91 Å². The zero-order valence-corrected chi connectivity index (χ0v) is 15.9. The van der Waals surface area contributed by atoms with Crippen LogP contribution in [-0.2, 0) is 14.3 Å². The summed E-state index contributed by atoms with van der Waals surface area (Å²) in [6, 6.07) is 2.77. The monoisotopic (exact) mass is 404 g/mol. The van der Waals surface area contributed by atoms with Crippen LogP contribution in [0.15, 0.2) is 30.4 Å². The van der Waals surface area contributed by atoms with Gasteiger partial charge in [0, 0.05) is 18.2 Å². The number of ketones is 1. The van der Waals surface area contributed by atoms with Gasteiger partial charge in [-0.2, -0.15) is 0 Å². The van der Waals surface area contributed by atoms with Gasteiger partial charge in [-0.1, -0.05) is 18.2 Å². The van der Waals surface area contributed by atoms with Gasteiger partial charge in [0.1, 0.15) is 23.5 Å². The molecule has 0 bridgehead atoms. The number of anilines is 1. The summed E-state index contributed by atoms with van der Waals surface area (Å²) < 4.78 is 5.32. The highest BCUT2D eigenvalue weighted by atomic mass is 16.5. The predicted molar refractivity (Wildman–Crippen MR) is 105 cm³/mol. The fourth-order valence-electron chi connectivity index (χ4n) is 2.71. The summed E-state index contributed by atoms with van der Waals surface area (Å²) in [6.45, 7) is 1.43. The fourth-order valence-corrected chi connectivity index (χ4v) is 2.71. The first-order valence-electron chi connectivity index (χ1n) is 9.02. The number of rotatable bonds is 3. The van der Waals surface area contributed by atoms with Gasteiger partial charge in [0.25, 0.3) is 0 Å². The second kappa shape index (κ2) is 9.85. The zero-order valence-electron chi connectivity index (χ0n) is 15.9. The lowest BCUT2D eigenvalue weighted by Gasteiger charge is -2.17. The van der Waals surface area contributed by atoms with Crippen LogP contribution >= 0.6 is 0 Å². The number of benzene rings is 1. The van der Waals surface area contributed by atoms with E-state index in [1.807, 2.05) is 0 Å². The summed E-state index contributed by atoms with van der Waals surface area (Å²) >= 11 is 0. The number of hydrogen-bond donors (Lipinski definition) is 5. The van der Waals surface area contributed by atoms with Crippen molar-refractivity contribution in [3.05, 3.63) is 41.5 Å². The molecule has 0 spiro atoms. The quantitative estimate of drug-likeness (QED) is 0.455. The van der Waals surface area contributed by atoms with Crippen molar-refractivity contribution in [1.82, 2.24) is 0 Å². The number of ether oxygens (including phenoxy) is 1. The van der Waals surface area contributed by atoms with E-state index < -0.39 is 36.0 Å². The molecule has 3 atom stereocenters. The fraction of sp³-hybridized carbons (Fsp3) is 0.350. The van der Waals surface area contributed by atoms with Crippen LogP contribution < -0.4 is 11.1 Å². The number of nitrogens with two attached hydrogens (primary N) is 1. The standard InChI is InChI=1S/C20H24N2O7/c1-11-4-2-6-14(23)19(27)15(24)7-3-5-12-8-13(22-10-17(21)26)9-16(25)18(12)20(28)29-11/h2-3,5-6,8-9,11,15,19,22,24-25,27H,4,7,10H2,1H3,(H2,21,26)/b5-3+,6-2-/t11-,15-,19+/m0/s1. The van der Waals surface area contributed by atoms with Gasteiger partial charge in [-0.3, -0.25) is 9.59 Å². The largest absolute Gasteiger partial charge is 0.507 e. The first-order chi connectivity index (χ1) is 13.7. The molecule has 1 aliphatic rings. The minimum absolute atomic E-state index is 0.0780. The molecule has 29 heavy (non-hydrogen) atoms. The van der Waals surface area contributed by atoms with Crippen molar-refractivity contribution >= 4 is 29.4 Å². The Labute approximate surface area is 167 Å². The van der Waals surface area contributed by atoms with Crippen molar-refractivity contribution in [2.75, 3.05) is 11.9 Å². The van der Waals surface area contributed by atoms with Crippen LogP contribution in [0.2, 0.25) is 0 Å². The Kier molecular flexibility index (Phi) is 7.52. The van der Waals surface area contributed by atoms with Gasteiger partial charge >= 0.3 is 5.97 Å². The predicted octanol–water partition coefficient (Wildman–Crippen LogP) is 0.489. The maximum atomic E-state index is 12.6. The number of nitrogens with one attached hydrogen (secondary N) is 1. The molecule has 1 aliphatic heterocycles. The SMILES string of the molecule is C[C@H]1C/C=C\C(=O)[C@@H](O)[C@@H](O)C/C=C/c2cc(NCC(N)=O)cc(O)c2C(=O)O1. The molecule has 2 rings (SSSR count). The van der Waals surface area contributed by atoms with Crippen LogP contribution in [0.5, 0.6) is 5.75 Å². The average molecular weight is 404 g/mol. The summed E-state index contributed by atoms with van der Waals surface area (Å²) in [7, 11) is 0. The smallest absolute Gasteiger partial charge is 0.342 e. The molecule has 0 saturated heterocycles. The summed E-state index contributed by atoms with van der Waals surface area (Å²) in [5, 5.41) is 33.0. The lowest BCUT2D eigenvalue weighted by Crippen LogP contribution is -2.32. The third-order valence-electron chi connectivity index (χ3n) is 4.21. The molecular formula is C20H24N2O7. The maximum Gasteiger partial charge on any atom is 0.342 e. The van der Waals surface area contributed by atoms with Gasteiger partial charge in [0.05, 0.1) is 12.6 Å². The number of amides is 1. The molecule has 1 heterocycles. The molecule has 9 nitrogen and oxygen atoms in total. The minimum Gasteiger partial charge on any atom is -0.507 e. The van der Waals surface area contributed by atoms with E-state index in [4.69, 9.17) is 10.5 Å². The number of primary amides is 1. The Morgan fingerprint density at radius 3 is 2.59 bits per heavy atom. The number of aliphatic hydroxyl groups is 2. The van der Waals surface area contributed by atoms with Crippen LogP contribution in [0.25, 0.3) is 6.08 Å². The van der Waals surface area contributed by atoms with Crippen molar-refractivity contribution in [3.63, 3.8) is 0 Å². The first kappa shape index (κ1) is 22.1. The third-order valence-corrected chi connectivity index (χ3v) is 4.21. The van der Waals surface area contributed by atoms with Crippen LogP contribution in [0, 0.1) is 0 Å². The Morgan fingerprint density at radius 2 is 1.90 bits per heavy atom. The van der Waals surface area contributed by atoms with E-state index in [1.165, 1.54) is 30.4 Å². The number of cyclic esters (lactones) is 1. The highest BCUT2D eigenvalue weighted by molar-refractivity contribution is 5.98. The normalized spacial score (nSPS) is 25.3. The zero-order chi connectivity index (χ0) is 21.6. The third kappa shape index (κ3) is 6.16. The summed E-state index contributed by atoms with van der Waals surface area (Å²) in [5.41, 5.74) is 5.60. The molecule has 1 aromatic carbocycles. The molecule has 0 aromatic heterocycles. The topological polar surface area (TPSA) is 159 Å². The Hall–Kier alpha value is -3.17. The molecule has 6 N–H and O–H groups in total. The van der Waals surface area contributed by atoms with Crippen molar-refractivity contribution in [2.24, 2.45) is 5.73 Å². The molecule has 156 valence electrons. The molecule has 1 aromatic rings. The highest BCUT2D eigenvalue weighted by Crippen LogP contribution is 2.29. The first-order valence-corrected chi connectivity index (χ1v) is 9.02. The number of aromatic hydroxyl groups is 1. The molecule has 9 heteroatoms. The molecule has 0 fully saturated rings. The summed E-state index contributed by atoms with van der Waals surface area (Å²) in [5.74, 6) is -2.40. The summed E-state index contributed by atoms with van der Waals surface area (Å²) in [6.07, 6.45) is 2.04. The number of hydrogen-bond acceptors (Lipinski definition) is 8. The Morgan fingerprint density at radius 1 is 1.21 bits per heavy atom. The van der Waals surface area contributed by atoms with Crippen molar-refractivity contribution < 1.29 is 34.4 Å². The maximum absolute atomic E-state index is 12.6. The van der Waals surface area contributed by atoms with Crippen LogP contribution in [0.3, 0.4) is 0 Å². The second-order valence-corrected chi connectivity index (χ2v) is 6.69. The van der Waals surface area contributed by atoms with Gasteiger partial charge in [-0.05, 0) is 31.1 Å². The van der Waals surface area contributed by atoms with Gasteiger partial charge in [-0.25, -0.2) is 4.79 Å². The Balaban J connectivity index is 2.43.